The predicted molar refractivity (Wildman–Crippen MR) is 99.6 cm³/mol. The van der Waals surface area contributed by atoms with Gasteiger partial charge in [0.2, 0.25) is 0 Å². The zero-order chi connectivity index (χ0) is 20.5. The number of amides is 3. The molecule has 2 aliphatic rings. The summed E-state index contributed by atoms with van der Waals surface area (Å²) in [6.45, 7) is 0.815. The molecule has 4 rings (SSSR count). The van der Waals surface area contributed by atoms with Gasteiger partial charge in [0.15, 0.2) is 0 Å². The molecule has 1 aromatic heterocycles. The highest BCUT2D eigenvalue weighted by molar-refractivity contribution is 6.22. The highest BCUT2D eigenvalue weighted by atomic mass is 16.6. The third kappa shape index (κ3) is 3.57. The minimum Gasteiger partial charge on any atom is -0.376 e. The lowest BCUT2D eigenvalue weighted by Gasteiger charge is -2.17. The van der Waals surface area contributed by atoms with E-state index in [2.05, 4.69) is 10.3 Å². The van der Waals surface area contributed by atoms with Crippen molar-refractivity contribution in [3.8, 4) is 0 Å². The van der Waals surface area contributed by atoms with Crippen LogP contribution in [0, 0.1) is 10.1 Å². The maximum Gasteiger partial charge on any atom is 0.287 e. The lowest BCUT2D eigenvalue weighted by atomic mass is 10.1. The van der Waals surface area contributed by atoms with E-state index in [0.29, 0.717) is 6.61 Å². The summed E-state index contributed by atoms with van der Waals surface area (Å²) in [5, 5.41) is 13.2. The van der Waals surface area contributed by atoms with Gasteiger partial charge in [-0.25, -0.2) is 4.98 Å². The fraction of sp³-hybridized carbons (Fsp3) is 0.263. The molecule has 0 bridgehead atoms. The first-order valence-corrected chi connectivity index (χ1v) is 8.97. The monoisotopic (exact) mass is 396 g/mol. The maximum atomic E-state index is 12.7. The number of hydrogen-bond donors (Lipinski definition) is 1. The Kier molecular flexibility index (Phi) is 4.77. The van der Waals surface area contributed by atoms with E-state index in [9.17, 15) is 24.5 Å². The summed E-state index contributed by atoms with van der Waals surface area (Å²) in [5.41, 5.74) is 0.385. The number of carbonyl (C=O) groups is 3. The number of rotatable bonds is 5. The molecule has 2 aliphatic heterocycles. The van der Waals surface area contributed by atoms with Crippen LogP contribution in [0.2, 0.25) is 0 Å². The van der Waals surface area contributed by atoms with E-state index in [1.54, 1.807) is 0 Å². The summed E-state index contributed by atoms with van der Waals surface area (Å²) in [6, 6.07) is 6.78. The van der Waals surface area contributed by atoms with E-state index in [0.717, 1.165) is 23.9 Å². The Bertz CT molecular complexity index is 1010. The minimum atomic E-state index is -0.593. The molecular formula is C19H16N4O6. The van der Waals surface area contributed by atoms with Crippen LogP contribution in [0.1, 0.15) is 43.9 Å². The second-order valence-corrected chi connectivity index (χ2v) is 6.73. The van der Waals surface area contributed by atoms with Gasteiger partial charge in [0.1, 0.15) is 12.0 Å². The van der Waals surface area contributed by atoms with E-state index in [1.165, 1.54) is 30.3 Å². The van der Waals surface area contributed by atoms with Crippen LogP contribution in [0.15, 0.2) is 36.5 Å². The summed E-state index contributed by atoms with van der Waals surface area (Å²) in [4.78, 5) is 52.7. The molecule has 148 valence electrons. The first-order valence-electron chi connectivity index (χ1n) is 8.97. The second kappa shape index (κ2) is 7.40. The van der Waals surface area contributed by atoms with Gasteiger partial charge < -0.3 is 10.1 Å². The predicted octanol–water partition coefficient (Wildman–Crippen LogP) is 2.02. The van der Waals surface area contributed by atoms with Gasteiger partial charge in [-0.05, 0) is 37.1 Å². The van der Waals surface area contributed by atoms with E-state index in [4.69, 9.17) is 4.74 Å². The van der Waals surface area contributed by atoms with Crippen molar-refractivity contribution in [2.75, 3.05) is 18.5 Å². The number of imide groups is 1. The van der Waals surface area contributed by atoms with Gasteiger partial charge in [-0.2, -0.15) is 0 Å². The largest absolute Gasteiger partial charge is 0.376 e. The van der Waals surface area contributed by atoms with Crippen molar-refractivity contribution in [2.45, 2.75) is 18.9 Å². The molecule has 1 aromatic carbocycles. The van der Waals surface area contributed by atoms with E-state index in [1.807, 2.05) is 0 Å². The van der Waals surface area contributed by atoms with Crippen LogP contribution in [-0.2, 0) is 4.74 Å². The number of nitrogens with zero attached hydrogens (tertiary/aromatic N) is 3. The number of pyridine rings is 1. The number of nitro groups is 1. The summed E-state index contributed by atoms with van der Waals surface area (Å²) in [6.07, 6.45) is 2.56. The molecule has 0 radical (unpaired) electrons. The van der Waals surface area contributed by atoms with Crippen molar-refractivity contribution in [3.63, 3.8) is 0 Å². The van der Waals surface area contributed by atoms with Gasteiger partial charge in [-0.1, -0.05) is 0 Å². The van der Waals surface area contributed by atoms with Crippen molar-refractivity contribution < 1.29 is 24.0 Å². The van der Waals surface area contributed by atoms with E-state index in [-0.39, 0.29) is 40.8 Å². The number of carbonyl (C=O) groups excluding carboxylic acids is 3. The Morgan fingerprint density at radius 3 is 2.69 bits per heavy atom. The van der Waals surface area contributed by atoms with Crippen LogP contribution in [-0.4, -0.2) is 51.8 Å². The quantitative estimate of drug-likeness (QED) is 0.464. The second-order valence-electron chi connectivity index (χ2n) is 6.73. The summed E-state index contributed by atoms with van der Waals surface area (Å²) >= 11 is 0. The topological polar surface area (TPSA) is 132 Å². The molecule has 3 amide bonds. The Hall–Kier alpha value is -3.66. The van der Waals surface area contributed by atoms with Crippen LogP contribution >= 0.6 is 0 Å². The Morgan fingerprint density at radius 1 is 1.24 bits per heavy atom. The van der Waals surface area contributed by atoms with Crippen LogP contribution in [0.3, 0.4) is 0 Å². The normalized spacial score (nSPS) is 18.1. The lowest BCUT2D eigenvalue weighted by molar-refractivity contribution is -0.385. The highest BCUT2D eigenvalue weighted by Gasteiger charge is 2.37. The molecule has 0 saturated carbocycles. The smallest absolute Gasteiger partial charge is 0.287 e. The van der Waals surface area contributed by atoms with Crippen molar-refractivity contribution in [1.29, 1.82) is 0 Å². The Balaban J connectivity index is 1.50. The third-order valence-electron chi connectivity index (χ3n) is 4.84. The number of anilines is 1. The lowest BCUT2D eigenvalue weighted by Crippen LogP contribution is -2.36. The van der Waals surface area contributed by atoms with Gasteiger partial charge in [-0.15, -0.1) is 0 Å². The first kappa shape index (κ1) is 18.7. The average molecular weight is 396 g/mol. The summed E-state index contributed by atoms with van der Waals surface area (Å²) in [5.74, 6) is -1.27. The van der Waals surface area contributed by atoms with Crippen molar-refractivity contribution >= 4 is 29.2 Å². The molecule has 10 nitrogen and oxygen atoms in total. The van der Waals surface area contributed by atoms with Crippen LogP contribution in [0.25, 0.3) is 0 Å². The van der Waals surface area contributed by atoms with Crippen LogP contribution < -0.4 is 5.32 Å². The zero-order valence-electron chi connectivity index (χ0n) is 15.2. The van der Waals surface area contributed by atoms with Crippen molar-refractivity contribution in [1.82, 2.24) is 9.88 Å². The zero-order valence-corrected chi connectivity index (χ0v) is 15.2. The number of hydrogen-bond acceptors (Lipinski definition) is 7. The summed E-state index contributed by atoms with van der Waals surface area (Å²) in [7, 11) is 0. The highest BCUT2D eigenvalue weighted by Crippen LogP contribution is 2.26. The minimum absolute atomic E-state index is 0.128. The maximum absolute atomic E-state index is 12.7. The number of benzene rings is 1. The molecule has 3 heterocycles. The van der Waals surface area contributed by atoms with Crippen LogP contribution in [0.4, 0.5) is 11.5 Å². The molecule has 1 N–H and O–H groups in total. The molecule has 0 aliphatic carbocycles. The Morgan fingerprint density at radius 2 is 2.03 bits per heavy atom. The van der Waals surface area contributed by atoms with Crippen LogP contribution in [0.5, 0.6) is 0 Å². The molecule has 1 atom stereocenters. The standard InChI is InChI=1S/C19H16N4O6/c24-17(21-16-6-4-12(9-20-16)23(27)28)11-3-5-14-15(8-11)19(26)22(18(14)25)10-13-2-1-7-29-13/h3-6,8-9,13H,1-2,7,10H2,(H,20,21,24). The van der Waals surface area contributed by atoms with Gasteiger partial charge >= 0.3 is 0 Å². The summed E-state index contributed by atoms with van der Waals surface area (Å²) < 4.78 is 5.50. The third-order valence-corrected chi connectivity index (χ3v) is 4.84. The molecule has 2 aromatic rings. The molecule has 1 fully saturated rings. The first-order chi connectivity index (χ1) is 13.9. The van der Waals surface area contributed by atoms with Crippen molar-refractivity contribution in [3.05, 3.63) is 63.3 Å². The molecule has 29 heavy (non-hydrogen) atoms. The molecular weight excluding hydrogens is 380 g/mol. The Labute approximate surface area is 164 Å². The van der Waals surface area contributed by atoms with Gasteiger partial charge in [0.05, 0.1) is 28.7 Å². The fourth-order valence-corrected chi connectivity index (χ4v) is 3.35. The fourth-order valence-electron chi connectivity index (χ4n) is 3.35. The average Bonchev–Trinajstić information content (AvgIpc) is 3.31. The molecule has 0 spiro atoms. The molecule has 1 unspecified atom stereocenters. The number of ether oxygens (including phenoxy) is 1. The van der Waals surface area contributed by atoms with Gasteiger partial charge in [0, 0.05) is 18.2 Å². The number of fused-ring (bicyclic) bond motifs is 1. The molecule has 1 saturated heterocycles. The number of aromatic nitrogens is 1. The SMILES string of the molecule is O=C(Nc1ccc([N+](=O)[O-])cn1)c1ccc2c(c1)C(=O)N(CC1CCCO1)C2=O. The van der Waals surface area contributed by atoms with E-state index < -0.39 is 22.6 Å². The van der Waals surface area contributed by atoms with Crippen molar-refractivity contribution in [2.24, 2.45) is 0 Å². The number of nitrogens with one attached hydrogen (secondary N) is 1. The molecule has 10 heteroatoms. The van der Waals surface area contributed by atoms with E-state index >= 15 is 0 Å². The van der Waals surface area contributed by atoms with Gasteiger partial charge in [0.25, 0.3) is 23.4 Å². The van der Waals surface area contributed by atoms with Gasteiger partial charge in [-0.3, -0.25) is 29.4 Å².